The minimum absolute atomic E-state index is 0.264. The Bertz CT molecular complexity index is 846. The van der Waals surface area contributed by atoms with E-state index in [1.807, 2.05) is 31.3 Å². The average Bonchev–Trinajstić information content (AvgIpc) is 3.03. The van der Waals surface area contributed by atoms with Crippen molar-refractivity contribution in [3.8, 4) is 0 Å². The molecule has 1 aromatic carbocycles. The van der Waals surface area contributed by atoms with Crippen LogP contribution in [0.3, 0.4) is 0 Å². The number of ketones is 1. The Kier molecular flexibility index (Phi) is 3.53. The molecule has 1 aromatic heterocycles. The molecule has 0 spiro atoms. The van der Waals surface area contributed by atoms with Crippen molar-refractivity contribution in [2.45, 2.75) is 38.5 Å². The molecule has 4 heteroatoms. The zero-order valence-electron chi connectivity index (χ0n) is 15.3. The first-order chi connectivity index (χ1) is 12.5. The lowest BCUT2D eigenvalue weighted by molar-refractivity contribution is -0.130. The molecule has 6 rings (SSSR count). The third-order valence-electron chi connectivity index (χ3n) is 7.11. The number of hydrogen-bond donors (Lipinski definition) is 1. The van der Waals surface area contributed by atoms with Gasteiger partial charge in [0.1, 0.15) is 0 Å². The van der Waals surface area contributed by atoms with Gasteiger partial charge >= 0.3 is 0 Å². The first kappa shape index (κ1) is 16.1. The van der Waals surface area contributed by atoms with Crippen LogP contribution in [0.15, 0.2) is 30.5 Å². The molecule has 26 heavy (non-hydrogen) atoms. The number of aromatic nitrogens is 1. The van der Waals surface area contributed by atoms with Crippen LogP contribution in [-0.4, -0.2) is 35.2 Å². The monoisotopic (exact) mass is 350 g/mol. The number of aromatic amines is 1. The normalized spacial score (nSPS) is 32.1. The van der Waals surface area contributed by atoms with E-state index in [-0.39, 0.29) is 11.3 Å². The van der Waals surface area contributed by atoms with E-state index >= 15 is 0 Å². The number of amides is 1. The van der Waals surface area contributed by atoms with Crippen LogP contribution in [0.2, 0.25) is 0 Å². The van der Waals surface area contributed by atoms with Crippen LogP contribution in [0.5, 0.6) is 0 Å². The van der Waals surface area contributed by atoms with Crippen molar-refractivity contribution < 1.29 is 9.59 Å². The number of rotatable bonds is 4. The van der Waals surface area contributed by atoms with Gasteiger partial charge in [0.15, 0.2) is 0 Å². The van der Waals surface area contributed by atoms with Gasteiger partial charge in [0, 0.05) is 30.7 Å². The largest absolute Gasteiger partial charge is 0.360 e. The molecule has 0 radical (unpaired) electrons. The fourth-order valence-electron chi connectivity index (χ4n) is 6.61. The van der Waals surface area contributed by atoms with E-state index < -0.39 is 5.78 Å². The first-order valence-corrected chi connectivity index (χ1v) is 9.89. The van der Waals surface area contributed by atoms with Crippen molar-refractivity contribution in [3.05, 3.63) is 36.0 Å². The molecule has 1 amide bonds. The molecule has 1 heterocycles. The van der Waals surface area contributed by atoms with Gasteiger partial charge in [-0.3, -0.25) is 9.59 Å². The Balaban J connectivity index is 1.35. The third-order valence-corrected chi connectivity index (χ3v) is 7.11. The summed E-state index contributed by atoms with van der Waals surface area (Å²) in [6, 6.07) is 7.64. The van der Waals surface area contributed by atoms with Crippen molar-refractivity contribution in [2.75, 3.05) is 13.6 Å². The third kappa shape index (κ3) is 2.50. The number of para-hydroxylation sites is 1. The highest BCUT2D eigenvalue weighted by Crippen LogP contribution is 2.60. The number of benzene rings is 1. The summed E-state index contributed by atoms with van der Waals surface area (Å²) in [5.41, 5.74) is 1.65. The maximum atomic E-state index is 12.9. The van der Waals surface area contributed by atoms with Crippen LogP contribution in [0.1, 0.15) is 48.9 Å². The summed E-state index contributed by atoms with van der Waals surface area (Å²) < 4.78 is 0. The van der Waals surface area contributed by atoms with Gasteiger partial charge < -0.3 is 9.88 Å². The van der Waals surface area contributed by atoms with Gasteiger partial charge in [-0.25, -0.2) is 0 Å². The Morgan fingerprint density at radius 1 is 1.08 bits per heavy atom. The molecule has 136 valence electrons. The second-order valence-electron chi connectivity index (χ2n) is 9.16. The van der Waals surface area contributed by atoms with Crippen LogP contribution < -0.4 is 0 Å². The van der Waals surface area contributed by atoms with E-state index in [1.165, 1.54) is 38.5 Å². The summed E-state index contributed by atoms with van der Waals surface area (Å²) in [7, 11) is 1.81. The lowest BCUT2D eigenvalue weighted by Crippen LogP contribution is -2.52. The number of nitrogens with one attached hydrogen (secondary N) is 1. The molecule has 4 bridgehead atoms. The fraction of sp³-hybridized carbons (Fsp3) is 0.545. The molecule has 2 aromatic rings. The van der Waals surface area contributed by atoms with Crippen molar-refractivity contribution in [1.29, 1.82) is 0 Å². The lowest BCUT2D eigenvalue weighted by Gasteiger charge is -2.57. The van der Waals surface area contributed by atoms with Crippen LogP contribution in [0.25, 0.3) is 10.9 Å². The number of fused-ring (bicyclic) bond motifs is 1. The Morgan fingerprint density at radius 3 is 2.35 bits per heavy atom. The number of carbonyl (C=O) groups is 2. The smallest absolute Gasteiger partial charge is 0.294 e. The first-order valence-electron chi connectivity index (χ1n) is 9.89. The number of nitrogens with zero attached hydrogens (tertiary/aromatic N) is 1. The van der Waals surface area contributed by atoms with Gasteiger partial charge in [0.2, 0.25) is 0 Å². The van der Waals surface area contributed by atoms with Gasteiger partial charge in [0.05, 0.1) is 5.56 Å². The molecular weight excluding hydrogens is 324 g/mol. The molecular formula is C22H26N2O2. The van der Waals surface area contributed by atoms with Gasteiger partial charge in [-0.2, -0.15) is 0 Å². The summed E-state index contributed by atoms with van der Waals surface area (Å²) in [6.07, 6.45) is 9.60. The van der Waals surface area contributed by atoms with Crippen LogP contribution in [0.4, 0.5) is 0 Å². The molecule has 0 saturated heterocycles. The quantitative estimate of drug-likeness (QED) is 0.669. The summed E-state index contributed by atoms with van der Waals surface area (Å²) in [5.74, 6) is 1.80. The Morgan fingerprint density at radius 2 is 1.69 bits per heavy atom. The van der Waals surface area contributed by atoms with E-state index in [0.29, 0.717) is 5.56 Å². The van der Waals surface area contributed by atoms with Crippen molar-refractivity contribution in [3.63, 3.8) is 0 Å². The summed E-state index contributed by atoms with van der Waals surface area (Å²) in [4.78, 5) is 30.5. The highest BCUT2D eigenvalue weighted by atomic mass is 16.2. The zero-order chi connectivity index (χ0) is 17.9. The topological polar surface area (TPSA) is 53.2 Å². The molecule has 0 aliphatic heterocycles. The molecule has 0 unspecified atom stereocenters. The molecule has 4 aliphatic carbocycles. The Labute approximate surface area is 153 Å². The highest BCUT2D eigenvalue weighted by molar-refractivity contribution is 6.44. The highest BCUT2D eigenvalue weighted by Gasteiger charge is 2.51. The lowest BCUT2D eigenvalue weighted by atomic mass is 9.49. The average molecular weight is 350 g/mol. The number of H-pyrrole nitrogens is 1. The predicted octanol–water partition coefficient (Wildman–Crippen LogP) is 4.03. The van der Waals surface area contributed by atoms with Gasteiger partial charge in [-0.05, 0) is 67.8 Å². The van der Waals surface area contributed by atoms with E-state index in [9.17, 15) is 9.59 Å². The van der Waals surface area contributed by atoms with Crippen LogP contribution in [-0.2, 0) is 4.79 Å². The van der Waals surface area contributed by atoms with Crippen LogP contribution in [0, 0.1) is 23.2 Å². The molecule has 1 N–H and O–H groups in total. The molecule has 4 fully saturated rings. The minimum Gasteiger partial charge on any atom is -0.360 e. The van der Waals surface area contributed by atoms with Gasteiger partial charge in [-0.1, -0.05) is 18.2 Å². The van der Waals surface area contributed by atoms with E-state index in [1.54, 1.807) is 11.1 Å². The van der Waals surface area contributed by atoms with Crippen molar-refractivity contribution >= 4 is 22.6 Å². The van der Waals surface area contributed by atoms with E-state index in [2.05, 4.69) is 4.98 Å². The second kappa shape index (κ2) is 5.70. The number of Topliss-reactive ketones (excluding diaryl/α,β-unsaturated/α-hetero) is 1. The maximum Gasteiger partial charge on any atom is 0.294 e. The standard InChI is InChI=1S/C22H26N2O2/c1-24(13-22-9-14-6-15(10-22)8-16(7-14)11-22)21(26)20(25)18-12-23-19-5-3-2-4-17(18)19/h2-5,12,14-16,23H,6-11,13H2,1H3. The SMILES string of the molecule is CN(CC12CC3CC(CC(C3)C1)C2)C(=O)C(=O)c1c[nH]c2ccccc12. The maximum absolute atomic E-state index is 12.9. The van der Waals surface area contributed by atoms with Gasteiger partial charge in [-0.15, -0.1) is 0 Å². The Hall–Kier alpha value is -2.10. The van der Waals surface area contributed by atoms with Crippen molar-refractivity contribution in [1.82, 2.24) is 9.88 Å². The van der Waals surface area contributed by atoms with Crippen LogP contribution >= 0.6 is 0 Å². The second-order valence-corrected chi connectivity index (χ2v) is 9.16. The minimum atomic E-state index is -0.394. The molecule has 4 aliphatic rings. The number of likely N-dealkylation sites (N-methyl/N-ethyl adjacent to an activating group) is 1. The van der Waals surface area contributed by atoms with E-state index in [4.69, 9.17) is 0 Å². The summed E-state index contributed by atoms with van der Waals surface area (Å²) >= 11 is 0. The summed E-state index contributed by atoms with van der Waals surface area (Å²) in [5, 5.41) is 0.828. The predicted molar refractivity (Wildman–Crippen MR) is 101 cm³/mol. The number of carbonyl (C=O) groups excluding carboxylic acids is 2. The molecule has 4 saturated carbocycles. The summed E-state index contributed by atoms with van der Waals surface area (Å²) in [6.45, 7) is 0.740. The van der Waals surface area contributed by atoms with E-state index in [0.717, 1.165) is 35.2 Å². The van der Waals surface area contributed by atoms with Gasteiger partial charge in [0.25, 0.3) is 11.7 Å². The number of hydrogen-bond acceptors (Lipinski definition) is 2. The molecule has 4 nitrogen and oxygen atoms in total. The zero-order valence-corrected chi connectivity index (χ0v) is 15.3. The molecule has 0 atom stereocenters. The van der Waals surface area contributed by atoms with Crippen molar-refractivity contribution in [2.24, 2.45) is 23.2 Å². The fourth-order valence-corrected chi connectivity index (χ4v) is 6.61.